The highest BCUT2D eigenvalue weighted by molar-refractivity contribution is 7.98. The maximum atomic E-state index is 3.82. The van der Waals surface area contributed by atoms with Crippen molar-refractivity contribution in [3.05, 3.63) is 0 Å². The molecule has 0 heterocycles. The Hall–Kier alpha value is 0.270. The fourth-order valence-electron chi connectivity index (χ4n) is 2.63. The minimum absolute atomic E-state index is 0.701. The van der Waals surface area contributed by atoms with E-state index in [0.29, 0.717) is 6.04 Å². The van der Waals surface area contributed by atoms with E-state index in [4.69, 9.17) is 0 Å². The lowest BCUT2D eigenvalue weighted by Gasteiger charge is -2.26. The van der Waals surface area contributed by atoms with Crippen LogP contribution in [0.4, 0.5) is 0 Å². The molecule has 0 bridgehead atoms. The van der Waals surface area contributed by atoms with Crippen LogP contribution in [0.3, 0.4) is 0 Å². The van der Waals surface area contributed by atoms with E-state index < -0.39 is 0 Å². The van der Waals surface area contributed by atoms with E-state index in [1.807, 2.05) is 11.8 Å². The number of thioether (sulfide) groups is 1. The van der Waals surface area contributed by atoms with Gasteiger partial charge in [-0.3, -0.25) is 0 Å². The molecule has 0 radical (unpaired) electrons. The molecule has 100 valence electrons. The molecule has 2 nitrogen and oxygen atoms in total. The Balaban J connectivity index is 1.60. The van der Waals surface area contributed by atoms with Crippen LogP contribution in [-0.4, -0.2) is 49.1 Å². The molecule has 0 saturated heterocycles. The number of nitrogens with zero attached hydrogens (tertiary/aromatic N) is 1. The molecule has 2 aliphatic carbocycles. The van der Waals surface area contributed by atoms with E-state index in [1.54, 1.807) is 0 Å². The number of nitrogens with one attached hydrogen (secondary N) is 1. The third kappa shape index (κ3) is 4.46. The van der Waals surface area contributed by atoms with E-state index in [2.05, 4.69) is 30.4 Å². The van der Waals surface area contributed by atoms with Gasteiger partial charge in [0.25, 0.3) is 0 Å². The summed E-state index contributed by atoms with van der Waals surface area (Å²) in [5.41, 5.74) is 0. The van der Waals surface area contributed by atoms with Crippen LogP contribution in [0.2, 0.25) is 0 Å². The van der Waals surface area contributed by atoms with Crippen molar-refractivity contribution in [1.82, 2.24) is 10.2 Å². The molecule has 0 aromatic rings. The molecule has 0 spiro atoms. The molecule has 0 aliphatic heterocycles. The number of likely N-dealkylation sites (N-methyl/N-ethyl adjacent to an activating group) is 1. The maximum Gasteiger partial charge on any atom is 0.0155 e. The highest BCUT2D eigenvalue weighted by Crippen LogP contribution is 2.44. The lowest BCUT2D eigenvalue weighted by Crippen LogP contribution is -2.41. The maximum absolute atomic E-state index is 3.82. The predicted octanol–water partition coefficient (Wildman–Crippen LogP) is 2.45. The van der Waals surface area contributed by atoms with E-state index >= 15 is 0 Å². The number of hydrogen-bond donors (Lipinski definition) is 1. The highest BCUT2D eigenvalue weighted by Gasteiger charge is 2.40. The third-order valence-corrected chi connectivity index (χ3v) is 5.08. The molecular formula is C14H28N2S. The minimum Gasteiger partial charge on any atom is -0.312 e. The summed E-state index contributed by atoms with van der Waals surface area (Å²) in [5, 5.41) is 3.82. The zero-order valence-corrected chi connectivity index (χ0v) is 12.4. The van der Waals surface area contributed by atoms with Gasteiger partial charge in [0.05, 0.1) is 0 Å². The largest absolute Gasteiger partial charge is 0.312 e. The summed E-state index contributed by atoms with van der Waals surface area (Å²) in [6.45, 7) is 4.69. The topological polar surface area (TPSA) is 15.3 Å². The summed E-state index contributed by atoms with van der Waals surface area (Å²) in [5.74, 6) is 3.29. The van der Waals surface area contributed by atoms with E-state index in [0.717, 1.165) is 17.9 Å². The van der Waals surface area contributed by atoms with Gasteiger partial charge in [-0.05, 0) is 57.7 Å². The zero-order valence-electron chi connectivity index (χ0n) is 11.6. The molecule has 1 unspecified atom stereocenters. The smallest absolute Gasteiger partial charge is 0.0155 e. The summed E-state index contributed by atoms with van der Waals surface area (Å²) < 4.78 is 0. The van der Waals surface area contributed by atoms with Crippen molar-refractivity contribution in [3.63, 3.8) is 0 Å². The molecule has 1 N–H and O–H groups in total. The number of hydrogen-bond acceptors (Lipinski definition) is 3. The molecule has 2 aliphatic rings. The van der Waals surface area contributed by atoms with Crippen molar-refractivity contribution in [2.24, 2.45) is 11.8 Å². The van der Waals surface area contributed by atoms with Gasteiger partial charge in [0.15, 0.2) is 0 Å². The molecule has 0 amide bonds. The molecule has 2 rings (SSSR count). The van der Waals surface area contributed by atoms with E-state index in [1.165, 1.54) is 44.5 Å². The van der Waals surface area contributed by atoms with Gasteiger partial charge in [-0.15, -0.1) is 0 Å². The van der Waals surface area contributed by atoms with Crippen LogP contribution in [0.1, 0.15) is 32.6 Å². The Morgan fingerprint density at radius 2 is 1.82 bits per heavy atom. The van der Waals surface area contributed by atoms with Crippen LogP contribution in [0.25, 0.3) is 0 Å². The van der Waals surface area contributed by atoms with Crippen molar-refractivity contribution in [2.45, 2.75) is 44.7 Å². The van der Waals surface area contributed by atoms with Crippen molar-refractivity contribution in [3.8, 4) is 0 Å². The Morgan fingerprint density at radius 1 is 1.24 bits per heavy atom. The Morgan fingerprint density at radius 3 is 2.29 bits per heavy atom. The fourth-order valence-corrected chi connectivity index (χ4v) is 3.36. The second-order valence-corrected chi connectivity index (χ2v) is 6.85. The third-order valence-electron chi connectivity index (χ3n) is 4.26. The van der Waals surface area contributed by atoms with Gasteiger partial charge in [-0.25, -0.2) is 0 Å². The van der Waals surface area contributed by atoms with E-state index in [-0.39, 0.29) is 0 Å². The summed E-state index contributed by atoms with van der Waals surface area (Å²) in [6.07, 6.45) is 8.11. The van der Waals surface area contributed by atoms with Gasteiger partial charge in [0.1, 0.15) is 0 Å². The minimum atomic E-state index is 0.701. The molecule has 2 fully saturated rings. The average Bonchev–Trinajstić information content (AvgIpc) is 3.17. The average molecular weight is 256 g/mol. The lowest BCUT2D eigenvalue weighted by molar-refractivity contribution is 0.266. The van der Waals surface area contributed by atoms with Gasteiger partial charge < -0.3 is 10.2 Å². The normalized spacial score (nSPS) is 22.4. The highest BCUT2D eigenvalue weighted by atomic mass is 32.2. The molecule has 0 aromatic heterocycles. The van der Waals surface area contributed by atoms with Crippen LogP contribution in [-0.2, 0) is 0 Å². The summed E-state index contributed by atoms with van der Waals surface area (Å²) in [6, 6.07) is 1.56. The molecule has 2 saturated carbocycles. The van der Waals surface area contributed by atoms with Crippen LogP contribution < -0.4 is 5.32 Å². The first-order valence-electron chi connectivity index (χ1n) is 7.15. The molecule has 17 heavy (non-hydrogen) atoms. The van der Waals surface area contributed by atoms with Gasteiger partial charge in [-0.1, -0.05) is 0 Å². The first-order valence-corrected chi connectivity index (χ1v) is 8.54. The Labute approximate surface area is 111 Å². The van der Waals surface area contributed by atoms with Crippen LogP contribution in [0, 0.1) is 11.8 Å². The van der Waals surface area contributed by atoms with Gasteiger partial charge in [0.2, 0.25) is 0 Å². The lowest BCUT2D eigenvalue weighted by atomic mass is 10.1. The summed E-state index contributed by atoms with van der Waals surface area (Å²) in [4.78, 5) is 2.49. The predicted molar refractivity (Wildman–Crippen MR) is 77.7 cm³/mol. The van der Waals surface area contributed by atoms with Crippen molar-refractivity contribution in [1.29, 1.82) is 0 Å². The summed E-state index contributed by atoms with van der Waals surface area (Å²) in [7, 11) is 2.26. The molecular weight excluding hydrogens is 228 g/mol. The van der Waals surface area contributed by atoms with Crippen LogP contribution >= 0.6 is 11.8 Å². The van der Waals surface area contributed by atoms with Crippen molar-refractivity contribution >= 4 is 11.8 Å². The standard InChI is InChI=1S/C14H28N2S/c1-11(10-17-3)16(2)9-8-15-14(12-4-5-12)13-6-7-13/h11-15H,4-10H2,1-3H3. The SMILES string of the molecule is CSCC(C)N(C)CCNC(C1CC1)C1CC1. The monoisotopic (exact) mass is 256 g/mol. The summed E-state index contributed by atoms with van der Waals surface area (Å²) >= 11 is 1.95. The van der Waals surface area contributed by atoms with Gasteiger partial charge >= 0.3 is 0 Å². The fraction of sp³-hybridized carbons (Fsp3) is 1.00. The molecule has 1 atom stereocenters. The van der Waals surface area contributed by atoms with E-state index in [9.17, 15) is 0 Å². The van der Waals surface area contributed by atoms with Crippen molar-refractivity contribution < 1.29 is 0 Å². The quantitative estimate of drug-likeness (QED) is 0.682. The first-order chi connectivity index (χ1) is 8.22. The molecule has 3 heteroatoms. The Kier molecular flexibility index (Phi) is 5.19. The Bertz CT molecular complexity index is 214. The molecule has 0 aromatic carbocycles. The van der Waals surface area contributed by atoms with Crippen molar-refractivity contribution in [2.75, 3.05) is 32.1 Å². The zero-order chi connectivity index (χ0) is 12.3. The number of rotatable bonds is 9. The van der Waals surface area contributed by atoms with Crippen LogP contribution in [0.15, 0.2) is 0 Å². The second-order valence-electron chi connectivity index (χ2n) is 5.94. The van der Waals surface area contributed by atoms with Gasteiger partial charge in [0, 0.05) is 30.9 Å². The van der Waals surface area contributed by atoms with Gasteiger partial charge in [-0.2, -0.15) is 11.8 Å². The van der Waals surface area contributed by atoms with Crippen LogP contribution in [0.5, 0.6) is 0 Å². The second kappa shape index (κ2) is 6.44. The first kappa shape index (κ1) is 13.7.